The van der Waals surface area contributed by atoms with Crippen LogP contribution in [0, 0.1) is 0 Å². The molecule has 0 aliphatic carbocycles. The standard InChI is InChI=1S/C54H34N2O/c1-3-13-35(14-4-1)36-23-27-40(28-24-36)55-47-20-10-7-17-42(47)45-33-38(25-30-49(45)55)39-26-31-50-46(34-39)43-18-8-11-21-48(43)56(50)51-32-29-41(37-15-5-2-6-16-37)54-53(51)44-19-9-12-22-52(44)57-54/h1-34H/i1D,2D,7D,8D,9D,10D,11D,12D,15D,16D,17D,18D,19D,20D,21D,22D,25D,29D,30D,31D,32D,33D,34D. The molecular weight excluding hydrogens is 693 g/mol. The summed E-state index contributed by atoms with van der Waals surface area (Å²) in [5, 5.41) is -2.05. The summed E-state index contributed by atoms with van der Waals surface area (Å²) in [7, 11) is 0. The van der Waals surface area contributed by atoms with Gasteiger partial charge in [0.05, 0.1) is 64.7 Å². The fraction of sp³-hybridized carbons (Fsp3) is 0. The van der Waals surface area contributed by atoms with Crippen LogP contribution in [0.25, 0.3) is 110 Å². The minimum atomic E-state index is -0.827. The van der Waals surface area contributed by atoms with E-state index in [1.54, 1.807) is 48.5 Å². The summed E-state index contributed by atoms with van der Waals surface area (Å²) in [5.74, 6) is 0. The zero-order chi connectivity index (χ0) is 57.5. The largest absolute Gasteiger partial charge is 0.455 e. The van der Waals surface area contributed by atoms with E-state index in [2.05, 4.69) is 0 Å². The predicted octanol–water partition coefficient (Wildman–Crippen LogP) is 14.8. The summed E-state index contributed by atoms with van der Waals surface area (Å²) in [5.41, 5.74) is -2.55. The highest BCUT2D eigenvalue weighted by molar-refractivity contribution is 6.17. The lowest BCUT2D eigenvalue weighted by atomic mass is 10.00. The van der Waals surface area contributed by atoms with Crippen LogP contribution in [0.15, 0.2) is 210 Å². The molecule has 9 aromatic carbocycles. The third-order valence-corrected chi connectivity index (χ3v) is 10.00. The lowest BCUT2D eigenvalue weighted by molar-refractivity contribution is 0.670. The Balaban J connectivity index is 1.23. The van der Waals surface area contributed by atoms with Crippen LogP contribution < -0.4 is 0 Å². The van der Waals surface area contributed by atoms with Crippen LogP contribution in [0.1, 0.15) is 31.5 Å². The van der Waals surface area contributed by atoms with Gasteiger partial charge < -0.3 is 13.6 Å². The van der Waals surface area contributed by atoms with E-state index in [1.807, 2.05) is 0 Å². The summed E-state index contributed by atoms with van der Waals surface area (Å²) >= 11 is 0. The maximum Gasteiger partial charge on any atom is 0.145 e. The number of hydrogen-bond donors (Lipinski definition) is 0. The number of nitrogens with zero attached hydrogens (tertiary/aromatic N) is 2. The SMILES string of the molecule is [2H]c1ccc(-c2ccc(-n3c4c([2H])c([2H])c([2H])c([2H])c4c4c([2H])c(-c5cc([2H])c6c(c5[2H])c5c([2H])c([2H])c([2H])c([2H])c5n6-c5c([2H])c([2H])c(-c6c([2H])cc([2H])cc6[2H])c6oc7c([2H])c([2H])c([2H])c([2H])c7c56)c([2H])c([2H])c43)cc2)cc1. The highest BCUT2D eigenvalue weighted by Crippen LogP contribution is 2.43. The van der Waals surface area contributed by atoms with Gasteiger partial charge in [-0.1, -0.05) is 139 Å². The lowest BCUT2D eigenvalue weighted by Gasteiger charge is -2.12. The van der Waals surface area contributed by atoms with E-state index in [9.17, 15) is 15.1 Å². The van der Waals surface area contributed by atoms with Gasteiger partial charge in [-0.05, 0) is 94.3 Å². The molecule has 12 rings (SSSR count). The number of benzene rings is 9. The summed E-state index contributed by atoms with van der Waals surface area (Å²) in [4.78, 5) is 0. The number of furan rings is 1. The Bertz CT molecular complexity index is 4830. The molecular formula is C54H34N2O. The van der Waals surface area contributed by atoms with Crippen LogP contribution in [-0.2, 0) is 0 Å². The first-order valence-electron chi connectivity index (χ1n) is 29.1. The van der Waals surface area contributed by atoms with Crippen molar-refractivity contribution in [1.82, 2.24) is 9.13 Å². The molecule has 12 aromatic rings. The van der Waals surface area contributed by atoms with Gasteiger partial charge in [0.25, 0.3) is 0 Å². The summed E-state index contributed by atoms with van der Waals surface area (Å²) in [6, 6.07) is 2.41. The van der Waals surface area contributed by atoms with E-state index in [-0.39, 0.29) is 44.5 Å². The van der Waals surface area contributed by atoms with Crippen molar-refractivity contribution in [2.45, 2.75) is 0 Å². The van der Waals surface area contributed by atoms with E-state index in [4.69, 9.17) is 20.9 Å². The highest BCUT2D eigenvalue weighted by Gasteiger charge is 2.21. The van der Waals surface area contributed by atoms with E-state index in [0.717, 1.165) is 33.9 Å². The van der Waals surface area contributed by atoms with Crippen molar-refractivity contribution in [3.63, 3.8) is 0 Å². The average Bonchev–Trinajstić information content (AvgIpc) is 3.73. The topological polar surface area (TPSA) is 23.0 Å². The van der Waals surface area contributed by atoms with Gasteiger partial charge in [-0.15, -0.1) is 0 Å². The molecule has 3 aromatic heterocycles. The van der Waals surface area contributed by atoms with E-state index in [1.165, 1.54) is 4.57 Å². The van der Waals surface area contributed by atoms with Crippen molar-refractivity contribution in [3.8, 4) is 44.8 Å². The normalized spacial score (nSPS) is 17.5. The van der Waals surface area contributed by atoms with Gasteiger partial charge >= 0.3 is 0 Å². The lowest BCUT2D eigenvalue weighted by Crippen LogP contribution is -1.95. The maximum atomic E-state index is 10.0. The van der Waals surface area contributed by atoms with Gasteiger partial charge in [0.1, 0.15) is 11.2 Å². The fourth-order valence-corrected chi connectivity index (χ4v) is 7.48. The summed E-state index contributed by atoms with van der Waals surface area (Å²) < 4.78 is 218. The average molecular weight is 750 g/mol. The second-order valence-corrected chi connectivity index (χ2v) is 13.1. The van der Waals surface area contributed by atoms with Gasteiger partial charge in [-0.3, -0.25) is 0 Å². The fourth-order valence-electron chi connectivity index (χ4n) is 7.48. The smallest absolute Gasteiger partial charge is 0.145 e. The number of fused-ring (bicyclic) bond motifs is 9. The van der Waals surface area contributed by atoms with Crippen molar-refractivity contribution in [2.24, 2.45) is 0 Å². The Morgan fingerprint density at radius 3 is 1.77 bits per heavy atom. The predicted molar refractivity (Wildman–Crippen MR) is 239 cm³/mol. The van der Waals surface area contributed by atoms with Gasteiger partial charge in [-0.25, -0.2) is 0 Å². The van der Waals surface area contributed by atoms with E-state index < -0.39 is 188 Å². The Morgan fingerprint density at radius 1 is 0.386 bits per heavy atom. The van der Waals surface area contributed by atoms with Crippen LogP contribution in [0.3, 0.4) is 0 Å². The van der Waals surface area contributed by atoms with Gasteiger partial charge in [0, 0.05) is 38.2 Å². The first-order chi connectivity index (χ1) is 37.8. The molecule has 0 saturated heterocycles. The van der Waals surface area contributed by atoms with Gasteiger partial charge in [0.15, 0.2) is 0 Å². The molecule has 3 heterocycles. The number of hydrogen-bond acceptors (Lipinski definition) is 1. The van der Waals surface area contributed by atoms with Crippen molar-refractivity contribution >= 4 is 65.6 Å². The molecule has 3 nitrogen and oxygen atoms in total. The van der Waals surface area contributed by atoms with Crippen molar-refractivity contribution in [3.05, 3.63) is 206 Å². The second kappa shape index (κ2) is 12.5. The summed E-state index contributed by atoms with van der Waals surface area (Å²) in [6.07, 6.45) is 0. The maximum absolute atomic E-state index is 10.0. The highest BCUT2D eigenvalue weighted by atomic mass is 16.3. The van der Waals surface area contributed by atoms with E-state index >= 15 is 0 Å². The summed E-state index contributed by atoms with van der Waals surface area (Å²) in [6.45, 7) is 0. The molecule has 0 bridgehead atoms. The first kappa shape index (κ1) is 16.6. The van der Waals surface area contributed by atoms with Crippen LogP contribution in [0.4, 0.5) is 0 Å². The van der Waals surface area contributed by atoms with Crippen molar-refractivity contribution in [2.75, 3.05) is 0 Å². The molecule has 0 N–H and O–H groups in total. The monoisotopic (exact) mass is 749 g/mol. The zero-order valence-electron chi connectivity index (χ0n) is 52.2. The molecule has 0 amide bonds. The van der Waals surface area contributed by atoms with Crippen LogP contribution in [-0.4, -0.2) is 9.13 Å². The van der Waals surface area contributed by atoms with Crippen LogP contribution in [0.5, 0.6) is 0 Å². The Morgan fingerprint density at radius 2 is 1.00 bits per heavy atom. The number of rotatable bonds is 5. The minimum Gasteiger partial charge on any atom is -0.455 e. The number of para-hydroxylation sites is 3. The van der Waals surface area contributed by atoms with Crippen molar-refractivity contribution < 1.29 is 35.9 Å². The van der Waals surface area contributed by atoms with Crippen molar-refractivity contribution in [1.29, 1.82) is 0 Å². The second-order valence-electron chi connectivity index (χ2n) is 13.1. The molecule has 57 heavy (non-hydrogen) atoms. The minimum absolute atomic E-state index is 0.141. The Kier molecular flexibility index (Phi) is 3.63. The van der Waals surface area contributed by atoms with Gasteiger partial charge in [0.2, 0.25) is 0 Å². The molecule has 0 saturated carbocycles. The molecule has 0 aliphatic heterocycles. The zero-order valence-corrected chi connectivity index (χ0v) is 29.2. The molecule has 0 fully saturated rings. The van der Waals surface area contributed by atoms with Crippen LogP contribution >= 0.6 is 0 Å². The van der Waals surface area contributed by atoms with Gasteiger partial charge in [-0.2, -0.15) is 0 Å². The first-order valence-corrected chi connectivity index (χ1v) is 17.6. The molecule has 0 atom stereocenters. The third kappa shape index (κ3) is 4.86. The molecule has 0 aliphatic rings. The van der Waals surface area contributed by atoms with E-state index in [0.29, 0.717) is 6.04 Å². The molecule has 0 unspecified atom stereocenters. The third-order valence-electron chi connectivity index (χ3n) is 10.00. The Hall–Kier alpha value is -7.62. The van der Waals surface area contributed by atoms with Crippen LogP contribution in [0.2, 0.25) is 0 Å². The molecule has 0 radical (unpaired) electrons. The quantitative estimate of drug-likeness (QED) is 0.172. The molecule has 266 valence electrons. The molecule has 3 heteroatoms. The molecule has 0 spiro atoms. The number of aromatic nitrogens is 2. The Labute approximate surface area is 361 Å².